The van der Waals surface area contributed by atoms with Crippen LogP contribution in [0.5, 0.6) is 0 Å². The van der Waals surface area contributed by atoms with Gasteiger partial charge in [0, 0.05) is 0 Å². The molecule has 266 valence electrons. The van der Waals surface area contributed by atoms with Gasteiger partial charge >= 0.3 is 24.2 Å². The van der Waals surface area contributed by atoms with Crippen molar-refractivity contribution in [1.82, 2.24) is 0 Å². The molecule has 0 aliphatic carbocycles. The van der Waals surface area contributed by atoms with E-state index in [9.17, 15) is 9.59 Å². The van der Waals surface area contributed by atoms with Crippen LogP contribution >= 0.6 is 11.6 Å². The minimum Gasteiger partial charge on any atom is -0.466 e. The Bertz CT molecular complexity index is 1210. The molecule has 0 heterocycles. The molecule has 47 heavy (non-hydrogen) atoms. The van der Waals surface area contributed by atoms with E-state index in [1.807, 2.05) is 20.8 Å². The molecule has 0 fully saturated rings. The number of carbonyl (C=O) groups is 2. The highest BCUT2D eigenvalue weighted by molar-refractivity contribution is 6.34. The lowest BCUT2D eigenvalue weighted by Gasteiger charge is -2.29. The van der Waals surface area contributed by atoms with Gasteiger partial charge in [-0.25, -0.2) is 4.79 Å². The predicted molar refractivity (Wildman–Crippen MR) is 187 cm³/mol. The summed E-state index contributed by atoms with van der Waals surface area (Å²) in [5.41, 5.74) is 9.51. The van der Waals surface area contributed by atoms with E-state index < -0.39 is 4.87 Å². The van der Waals surface area contributed by atoms with Crippen molar-refractivity contribution < 1.29 is 38.2 Å². The Balaban J connectivity index is -0.000000325. The molecular formula is C38H59ClO8. The van der Waals surface area contributed by atoms with Crippen LogP contribution < -0.4 is 0 Å². The average Bonchev–Trinajstić information content (AvgIpc) is 3.02. The molecule has 2 aromatic carbocycles. The zero-order chi connectivity index (χ0) is 35.2. The second kappa shape index (κ2) is 27.5. The summed E-state index contributed by atoms with van der Waals surface area (Å²) in [4.78, 5) is 56.0. The maximum Gasteiger partial charge on any atom is 0.373 e. The lowest BCUT2D eigenvalue weighted by molar-refractivity contribution is -0.193. The van der Waals surface area contributed by atoms with Crippen molar-refractivity contribution in [2.45, 2.75) is 133 Å². The second-order valence-electron chi connectivity index (χ2n) is 10.1. The first-order valence-electron chi connectivity index (χ1n) is 15.6. The molecule has 0 radical (unpaired) electrons. The van der Waals surface area contributed by atoms with Crippen LogP contribution in [0.2, 0.25) is 0 Å². The molecule has 2 unspecified atom stereocenters. The third-order valence-corrected chi connectivity index (χ3v) is 7.89. The van der Waals surface area contributed by atoms with E-state index in [1.54, 1.807) is 0 Å². The van der Waals surface area contributed by atoms with Crippen LogP contribution in [0.15, 0.2) is 24.3 Å². The van der Waals surface area contributed by atoms with Crippen LogP contribution in [0.25, 0.3) is 0 Å². The van der Waals surface area contributed by atoms with Crippen LogP contribution in [0.1, 0.15) is 134 Å². The fourth-order valence-electron chi connectivity index (χ4n) is 5.39. The van der Waals surface area contributed by atoms with Crippen LogP contribution in [-0.2, 0) is 68.8 Å². The number of ether oxygens (including phenoxy) is 2. The van der Waals surface area contributed by atoms with Gasteiger partial charge in [-0.05, 0) is 99.6 Å². The third kappa shape index (κ3) is 15.3. The highest BCUT2D eigenvalue weighted by Crippen LogP contribution is 2.40. The number of alkyl halides is 1. The lowest BCUT2D eigenvalue weighted by Crippen LogP contribution is -2.33. The van der Waals surface area contributed by atoms with Crippen molar-refractivity contribution in [3.63, 3.8) is 0 Å². The summed E-state index contributed by atoms with van der Waals surface area (Å²) >= 11 is 6.72. The molecule has 0 bridgehead atoms. The molecule has 0 saturated heterocycles. The maximum absolute atomic E-state index is 12.4. The third-order valence-electron chi connectivity index (χ3n) is 7.28. The second-order valence-corrected chi connectivity index (χ2v) is 10.8. The smallest absolute Gasteiger partial charge is 0.373 e. The number of carbonyl (C=O) groups excluding carboxylic acids is 6. The van der Waals surface area contributed by atoms with Crippen molar-refractivity contribution >= 4 is 35.8 Å². The maximum atomic E-state index is 12.4. The first-order valence-corrected chi connectivity index (χ1v) is 16.0. The summed E-state index contributed by atoms with van der Waals surface area (Å²) in [6.07, 6.45) is 5.45. The molecule has 0 aromatic heterocycles. The Morgan fingerprint density at radius 1 is 0.681 bits per heavy atom. The lowest BCUT2D eigenvalue weighted by atomic mass is 9.84. The van der Waals surface area contributed by atoms with Crippen molar-refractivity contribution in [2.75, 3.05) is 13.2 Å². The minimum atomic E-state index is -1.07. The Morgan fingerprint density at radius 2 is 1.02 bits per heavy atom. The first kappa shape index (κ1) is 50.3. The molecule has 2 aromatic rings. The summed E-state index contributed by atoms with van der Waals surface area (Å²) in [5, 5.41) is 0. The van der Waals surface area contributed by atoms with Crippen molar-refractivity contribution in [2.24, 2.45) is 0 Å². The Morgan fingerprint density at radius 3 is 1.30 bits per heavy atom. The Hall–Kier alpha value is -3.57. The number of esters is 2. The molecule has 0 aliphatic heterocycles. The fourth-order valence-corrected chi connectivity index (χ4v) is 5.69. The number of hydrogen-bond donors (Lipinski definition) is 0. The number of halogens is 1. The van der Waals surface area contributed by atoms with Gasteiger partial charge in [-0.1, -0.05) is 91.8 Å². The molecule has 2 rings (SSSR count). The highest BCUT2D eigenvalue weighted by Gasteiger charge is 2.41. The summed E-state index contributed by atoms with van der Waals surface area (Å²) in [6, 6.07) is 8.66. The quantitative estimate of drug-likeness (QED) is 0.161. The van der Waals surface area contributed by atoms with Gasteiger partial charge in [-0.3, -0.25) is 4.79 Å². The van der Waals surface area contributed by atoms with Crippen LogP contribution in [-0.4, -0.2) is 37.5 Å². The molecule has 9 heteroatoms. The van der Waals surface area contributed by atoms with E-state index in [4.69, 9.17) is 40.3 Å². The van der Waals surface area contributed by atoms with Gasteiger partial charge < -0.3 is 9.47 Å². The minimum absolute atomic E-state index is 0. The van der Waals surface area contributed by atoms with Crippen molar-refractivity contribution in [3.05, 3.63) is 68.8 Å². The monoisotopic (exact) mass is 678 g/mol. The van der Waals surface area contributed by atoms with Crippen LogP contribution in [0, 0.1) is 13.8 Å². The molecule has 8 nitrogen and oxygen atoms in total. The van der Waals surface area contributed by atoms with Crippen LogP contribution in [0.3, 0.4) is 0 Å². The molecule has 0 N–H and O–H groups in total. The molecular weight excluding hydrogens is 620 g/mol. The Labute approximate surface area is 289 Å². The van der Waals surface area contributed by atoms with E-state index in [0.29, 0.717) is 19.6 Å². The highest BCUT2D eigenvalue weighted by atomic mass is 35.5. The first-order chi connectivity index (χ1) is 21.3. The van der Waals surface area contributed by atoms with E-state index in [0.717, 1.165) is 48.8 Å². The van der Waals surface area contributed by atoms with Crippen molar-refractivity contribution in [1.29, 1.82) is 0 Å². The van der Waals surface area contributed by atoms with E-state index in [-0.39, 0.29) is 45.0 Å². The summed E-state index contributed by atoms with van der Waals surface area (Å²) in [5.74, 6) is -0.541. The molecule has 0 spiro atoms. The van der Waals surface area contributed by atoms with Gasteiger partial charge in [-0.2, -0.15) is 19.2 Å². The topological polar surface area (TPSA) is 121 Å². The normalized spacial score (nSPS) is 11.2. The van der Waals surface area contributed by atoms with E-state index in [2.05, 4.69) is 72.7 Å². The predicted octanol–water partition coefficient (Wildman–Crippen LogP) is 8.81. The van der Waals surface area contributed by atoms with Gasteiger partial charge in [0.25, 0.3) is 0 Å². The summed E-state index contributed by atoms with van der Waals surface area (Å²) < 4.78 is 10.5. The largest absolute Gasteiger partial charge is 0.466 e. The van der Waals surface area contributed by atoms with Crippen LogP contribution in [0.4, 0.5) is 0 Å². The van der Waals surface area contributed by atoms with Gasteiger partial charge in [0.15, 0.2) is 4.87 Å². The molecule has 2 atom stereocenters. The van der Waals surface area contributed by atoms with Crippen molar-refractivity contribution in [3.8, 4) is 0 Å². The standard InChI is InChI=1S/C17H25ClO2.C17H26O2.2CO2.2CH4/c1-6-13-10-12(5)11-14(7-2)15(13)17(18,8-3)16(19)20-9-4;1-6-13-10-12(5)11-14(7-2)16(13)15(8-3)17(18)19-9-4;2*2-1-3;;/h10-11H,6-9H2,1-5H3;10-11,15H,6-9H2,1-5H3;;;2*1H4. The van der Waals surface area contributed by atoms with Gasteiger partial charge in [-0.15, -0.1) is 11.6 Å². The number of aryl methyl sites for hydroxylation is 6. The Kier molecular flexibility index (Phi) is 29.5. The SMILES string of the molecule is C.C.CCOC(=O)C(CC)c1c(CC)cc(C)cc1CC.CCOC(=O)C(Cl)(CC)c1c(CC)cc(C)cc1CC.O=C=O.O=C=O. The zero-order valence-electron chi connectivity index (χ0n) is 28.7. The average molecular weight is 679 g/mol. The summed E-state index contributed by atoms with van der Waals surface area (Å²) in [7, 11) is 0. The summed E-state index contributed by atoms with van der Waals surface area (Å²) in [6.45, 7) is 21.1. The van der Waals surface area contributed by atoms with Gasteiger partial charge in [0.1, 0.15) is 0 Å². The number of hydrogen-bond acceptors (Lipinski definition) is 8. The van der Waals surface area contributed by atoms with Gasteiger partial charge in [0.05, 0.1) is 19.1 Å². The van der Waals surface area contributed by atoms with E-state index in [1.165, 1.54) is 27.8 Å². The number of benzene rings is 2. The molecule has 0 aliphatic rings. The van der Waals surface area contributed by atoms with E-state index >= 15 is 0 Å². The fraction of sp³-hybridized carbons (Fsp3) is 0.579. The zero-order valence-corrected chi connectivity index (χ0v) is 29.4. The molecule has 0 saturated carbocycles. The molecule has 0 amide bonds. The number of rotatable bonds is 12. The van der Waals surface area contributed by atoms with Gasteiger partial charge in [0.2, 0.25) is 0 Å².